The summed E-state index contributed by atoms with van der Waals surface area (Å²) in [5, 5.41) is 27.7. The third kappa shape index (κ3) is 8.65. The highest BCUT2D eigenvalue weighted by molar-refractivity contribution is 5.75. The zero-order valence-electron chi connectivity index (χ0n) is 17.0. The van der Waals surface area contributed by atoms with Crippen LogP contribution in [-0.2, 0) is 14.4 Å². The molecule has 2 bridgehead atoms. The minimum atomic E-state index is -0.974. The second kappa shape index (κ2) is 12.1. The van der Waals surface area contributed by atoms with Gasteiger partial charge in [-0.2, -0.15) is 0 Å². The van der Waals surface area contributed by atoms with Crippen molar-refractivity contribution in [1.29, 1.82) is 0 Å². The first-order chi connectivity index (χ1) is 13.8. The van der Waals surface area contributed by atoms with Crippen LogP contribution in [0.4, 0.5) is 0 Å². The molecule has 0 aromatic heterocycles. The molecule has 2 heterocycles. The maximum absolute atomic E-state index is 11.8. The maximum atomic E-state index is 11.8. The highest BCUT2D eigenvalue weighted by atomic mass is 16.4. The molecule has 0 saturated carbocycles. The standard InChI is InChI=1S/C19H34N4O6/c24-17(25)4-3-16(19(28)29)23-8-2-6-20-9-10-21(13-14-23)5-1-7-22(12-11-20)15-18(26)27/h16H,1-15H2,(H,24,25)(H,26,27)(H,28,29). The molecule has 0 aromatic carbocycles. The van der Waals surface area contributed by atoms with Crippen molar-refractivity contribution in [3.05, 3.63) is 0 Å². The molecule has 0 spiro atoms. The first kappa shape index (κ1) is 23.5. The number of carboxylic acids is 3. The molecule has 166 valence electrons. The van der Waals surface area contributed by atoms with Crippen molar-refractivity contribution in [2.24, 2.45) is 0 Å². The number of rotatable bonds is 7. The van der Waals surface area contributed by atoms with Gasteiger partial charge in [-0.05, 0) is 32.4 Å². The third-order valence-corrected chi connectivity index (χ3v) is 5.75. The van der Waals surface area contributed by atoms with E-state index in [2.05, 4.69) is 9.80 Å². The third-order valence-electron chi connectivity index (χ3n) is 5.75. The molecule has 10 nitrogen and oxygen atoms in total. The Bertz CT molecular complexity index is 561. The van der Waals surface area contributed by atoms with Crippen molar-refractivity contribution in [3.63, 3.8) is 0 Å². The molecule has 3 unspecified atom stereocenters. The van der Waals surface area contributed by atoms with E-state index < -0.39 is 23.9 Å². The van der Waals surface area contributed by atoms with Gasteiger partial charge in [-0.3, -0.25) is 24.2 Å². The lowest BCUT2D eigenvalue weighted by molar-refractivity contribution is -0.145. The summed E-state index contributed by atoms with van der Waals surface area (Å²) < 4.78 is 0. The van der Waals surface area contributed by atoms with Crippen LogP contribution in [-0.4, -0.2) is 131 Å². The number of nitrogens with zero attached hydrogens (tertiary/aromatic N) is 4. The predicted molar refractivity (Wildman–Crippen MR) is 106 cm³/mol. The number of carbonyl (C=O) groups is 3. The Morgan fingerprint density at radius 3 is 1.86 bits per heavy atom. The van der Waals surface area contributed by atoms with Gasteiger partial charge in [-0.15, -0.1) is 0 Å². The SMILES string of the molecule is O=C(O)CCC(C(=O)O)N1CCCN2CCN(CCCN(CC(=O)O)CC2)CC1. The summed E-state index contributed by atoms with van der Waals surface area (Å²) in [6.07, 6.45) is 1.63. The van der Waals surface area contributed by atoms with Gasteiger partial charge >= 0.3 is 17.9 Å². The Balaban J connectivity index is 2.04. The van der Waals surface area contributed by atoms with Gasteiger partial charge in [-0.25, -0.2) is 0 Å². The molecular weight excluding hydrogens is 380 g/mol. The molecule has 3 atom stereocenters. The summed E-state index contributed by atoms with van der Waals surface area (Å²) >= 11 is 0. The second-order valence-corrected chi connectivity index (χ2v) is 7.88. The summed E-state index contributed by atoms with van der Waals surface area (Å²) in [5.41, 5.74) is 0. The van der Waals surface area contributed by atoms with Crippen molar-refractivity contribution in [3.8, 4) is 0 Å². The molecule has 0 aromatic rings. The number of hydrogen-bond donors (Lipinski definition) is 3. The molecule has 0 amide bonds. The smallest absolute Gasteiger partial charge is 0.320 e. The predicted octanol–water partition coefficient (Wildman–Crippen LogP) is -0.596. The van der Waals surface area contributed by atoms with Crippen LogP contribution in [0, 0.1) is 0 Å². The fraction of sp³-hybridized carbons (Fsp3) is 0.842. The van der Waals surface area contributed by atoms with Crippen LogP contribution in [0.2, 0.25) is 0 Å². The van der Waals surface area contributed by atoms with Gasteiger partial charge in [0, 0.05) is 58.8 Å². The van der Waals surface area contributed by atoms with Crippen LogP contribution < -0.4 is 0 Å². The van der Waals surface area contributed by atoms with Gasteiger partial charge in [0.15, 0.2) is 0 Å². The summed E-state index contributed by atoms with van der Waals surface area (Å²) in [4.78, 5) is 42.3. The average molecular weight is 415 g/mol. The first-order valence-corrected chi connectivity index (χ1v) is 10.4. The van der Waals surface area contributed by atoms with Crippen molar-refractivity contribution in [2.75, 3.05) is 72.0 Å². The first-order valence-electron chi connectivity index (χ1n) is 10.4. The molecule has 2 aliphatic rings. The Morgan fingerprint density at radius 2 is 1.28 bits per heavy atom. The van der Waals surface area contributed by atoms with E-state index in [-0.39, 0.29) is 19.4 Å². The van der Waals surface area contributed by atoms with E-state index in [9.17, 15) is 19.5 Å². The van der Waals surface area contributed by atoms with E-state index in [1.165, 1.54) is 0 Å². The molecule has 0 radical (unpaired) electrons. The molecule has 29 heavy (non-hydrogen) atoms. The lowest BCUT2D eigenvalue weighted by Crippen LogP contribution is -2.50. The van der Waals surface area contributed by atoms with Crippen LogP contribution in [0.25, 0.3) is 0 Å². The summed E-state index contributed by atoms with van der Waals surface area (Å²) in [6.45, 7) is 7.71. The monoisotopic (exact) mass is 414 g/mol. The zero-order valence-corrected chi connectivity index (χ0v) is 17.0. The molecule has 2 aliphatic heterocycles. The normalized spacial score (nSPS) is 26.5. The molecule has 0 aliphatic carbocycles. The van der Waals surface area contributed by atoms with Crippen LogP contribution in [0.1, 0.15) is 25.7 Å². The Hall–Kier alpha value is -1.75. The summed E-state index contributed by atoms with van der Waals surface area (Å²) in [7, 11) is 0. The topological polar surface area (TPSA) is 125 Å². The maximum Gasteiger partial charge on any atom is 0.320 e. The lowest BCUT2D eigenvalue weighted by Gasteiger charge is -2.37. The van der Waals surface area contributed by atoms with Gasteiger partial charge in [0.05, 0.1) is 6.54 Å². The van der Waals surface area contributed by atoms with Crippen LogP contribution in [0.5, 0.6) is 0 Å². The number of fused-ring (bicyclic) bond motifs is 3. The fourth-order valence-electron chi connectivity index (χ4n) is 4.13. The Morgan fingerprint density at radius 1 is 0.690 bits per heavy atom. The minimum Gasteiger partial charge on any atom is -0.481 e. The number of carboxylic acid groups (broad SMARTS) is 3. The van der Waals surface area contributed by atoms with Crippen LogP contribution in [0.3, 0.4) is 0 Å². The quantitative estimate of drug-likeness (QED) is 0.497. The molecule has 2 rings (SSSR count). The number of aliphatic carboxylic acids is 3. The van der Waals surface area contributed by atoms with E-state index in [0.29, 0.717) is 19.6 Å². The molecular formula is C19H34N4O6. The van der Waals surface area contributed by atoms with Crippen LogP contribution in [0.15, 0.2) is 0 Å². The van der Waals surface area contributed by atoms with Crippen molar-refractivity contribution in [2.45, 2.75) is 31.7 Å². The number of hydrogen-bond acceptors (Lipinski definition) is 7. The van der Waals surface area contributed by atoms with Gasteiger partial charge < -0.3 is 25.1 Å². The van der Waals surface area contributed by atoms with E-state index in [0.717, 1.165) is 58.7 Å². The lowest BCUT2D eigenvalue weighted by atomic mass is 10.1. The van der Waals surface area contributed by atoms with E-state index >= 15 is 0 Å². The average Bonchev–Trinajstić information content (AvgIpc) is 2.65. The highest BCUT2D eigenvalue weighted by Gasteiger charge is 2.27. The van der Waals surface area contributed by atoms with Gasteiger partial charge in [-0.1, -0.05) is 0 Å². The molecule has 2 fully saturated rings. The van der Waals surface area contributed by atoms with Crippen molar-refractivity contribution < 1.29 is 29.7 Å². The second-order valence-electron chi connectivity index (χ2n) is 7.88. The summed E-state index contributed by atoms with van der Waals surface area (Å²) in [5.74, 6) is -2.74. The minimum absolute atomic E-state index is 0.0610. The van der Waals surface area contributed by atoms with E-state index in [1.807, 2.05) is 9.80 Å². The van der Waals surface area contributed by atoms with Gasteiger partial charge in [0.1, 0.15) is 6.04 Å². The van der Waals surface area contributed by atoms with Gasteiger partial charge in [0.2, 0.25) is 0 Å². The largest absolute Gasteiger partial charge is 0.481 e. The van der Waals surface area contributed by atoms with E-state index in [1.54, 1.807) is 0 Å². The Labute approximate surface area is 171 Å². The summed E-state index contributed by atoms with van der Waals surface area (Å²) in [6, 6.07) is -0.778. The zero-order chi connectivity index (χ0) is 21.2. The molecule has 3 N–H and O–H groups in total. The fourth-order valence-corrected chi connectivity index (χ4v) is 4.13. The van der Waals surface area contributed by atoms with Crippen LogP contribution >= 0.6 is 0 Å². The highest BCUT2D eigenvalue weighted by Crippen LogP contribution is 2.12. The Kier molecular flexibility index (Phi) is 9.79. The van der Waals surface area contributed by atoms with E-state index in [4.69, 9.17) is 10.2 Å². The van der Waals surface area contributed by atoms with Gasteiger partial charge in [0.25, 0.3) is 0 Å². The molecule has 2 saturated heterocycles. The van der Waals surface area contributed by atoms with Crippen molar-refractivity contribution >= 4 is 17.9 Å². The molecule has 10 heteroatoms. The van der Waals surface area contributed by atoms with Crippen molar-refractivity contribution in [1.82, 2.24) is 19.6 Å².